The van der Waals surface area contributed by atoms with Crippen LogP contribution in [-0.4, -0.2) is 56.9 Å². The minimum atomic E-state index is 0.0526. The predicted molar refractivity (Wildman–Crippen MR) is 61.3 cm³/mol. The van der Waals surface area contributed by atoms with Crippen molar-refractivity contribution in [2.75, 3.05) is 30.5 Å². The third-order valence-electron chi connectivity index (χ3n) is 2.69. The lowest BCUT2D eigenvalue weighted by Crippen LogP contribution is -2.43. The van der Waals surface area contributed by atoms with Gasteiger partial charge in [-0.2, -0.15) is 0 Å². The van der Waals surface area contributed by atoms with Gasteiger partial charge in [0.05, 0.1) is 18.6 Å². The second-order valence-electron chi connectivity index (χ2n) is 3.81. The molecule has 2 aromatic heterocycles. The average molecular weight is 255 g/mol. The molecule has 0 N–H and O–H groups in total. The first kappa shape index (κ1) is 10.7. The lowest BCUT2D eigenvalue weighted by atomic mass is 10.3. The number of fused-ring (bicyclic) bond motifs is 1. The first-order valence-electron chi connectivity index (χ1n) is 5.35. The van der Waals surface area contributed by atoms with E-state index in [0.717, 1.165) is 18.9 Å². The van der Waals surface area contributed by atoms with Gasteiger partial charge in [0, 0.05) is 13.1 Å². The van der Waals surface area contributed by atoms with Crippen LogP contribution in [0, 0.1) is 0 Å². The molecule has 1 fully saturated rings. The quantitative estimate of drug-likeness (QED) is 0.701. The number of alkyl halides is 1. The monoisotopic (exact) mass is 254 g/mol. The van der Waals surface area contributed by atoms with Crippen LogP contribution in [-0.2, 0) is 4.74 Å². The Bertz CT molecular complexity index is 517. The maximum Gasteiger partial charge on any atom is 0.200 e. The van der Waals surface area contributed by atoms with Gasteiger partial charge in [0.25, 0.3) is 0 Å². The smallest absolute Gasteiger partial charge is 0.200 e. The number of rotatable bonds is 2. The van der Waals surface area contributed by atoms with E-state index in [1.807, 2.05) is 12.1 Å². The van der Waals surface area contributed by atoms with Crippen LogP contribution in [0.3, 0.4) is 0 Å². The fourth-order valence-corrected chi connectivity index (χ4v) is 2.02. The fourth-order valence-electron chi connectivity index (χ4n) is 1.83. The van der Waals surface area contributed by atoms with Crippen molar-refractivity contribution in [3.05, 3.63) is 12.1 Å². The van der Waals surface area contributed by atoms with Crippen LogP contribution < -0.4 is 4.90 Å². The first-order valence-corrected chi connectivity index (χ1v) is 5.88. The molecule has 1 aliphatic heterocycles. The minimum absolute atomic E-state index is 0.0526. The maximum atomic E-state index is 5.80. The van der Waals surface area contributed by atoms with Crippen LogP contribution in [0.2, 0.25) is 0 Å². The molecular formula is C9H11ClN6O. The van der Waals surface area contributed by atoms with Crippen LogP contribution in [0.25, 0.3) is 5.65 Å². The second kappa shape index (κ2) is 4.42. The number of nitrogens with zero attached hydrogens (tertiary/aromatic N) is 6. The molecule has 2 aromatic rings. The zero-order valence-corrected chi connectivity index (χ0v) is 9.79. The standard InChI is InChI=1S/C9H11ClN6O/c10-5-7-6-15(3-4-17-7)9-2-1-8-11-13-14-16(8)12-9/h1-2,7H,3-6H2. The van der Waals surface area contributed by atoms with Crippen molar-refractivity contribution >= 4 is 23.1 Å². The molecule has 1 saturated heterocycles. The van der Waals surface area contributed by atoms with Gasteiger partial charge in [-0.05, 0) is 22.6 Å². The summed E-state index contributed by atoms with van der Waals surface area (Å²) in [6.07, 6.45) is 0.0526. The lowest BCUT2D eigenvalue weighted by Gasteiger charge is -2.32. The van der Waals surface area contributed by atoms with Crippen LogP contribution in [0.4, 0.5) is 5.82 Å². The Balaban J connectivity index is 1.86. The summed E-state index contributed by atoms with van der Waals surface area (Å²) >= 11 is 5.80. The molecule has 0 radical (unpaired) electrons. The molecule has 3 rings (SSSR count). The van der Waals surface area contributed by atoms with E-state index in [1.54, 1.807) is 0 Å². The predicted octanol–water partition coefficient (Wildman–Crippen LogP) is -0.0367. The van der Waals surface area contributed by atoms with E-state index in [-0.39, 0.29) is 6.10 Å². The van der Waals surface area contributed by atoms with Crippen molar-refractivity contribution in [1.82, 2.24) is 25.3 Å². The Kier molecular flexibility index (Phi) is 2.77. The highest BCUT2D eigenvalue weighted by molar-refractivity contribution is 6.18. The molecule has 8 heteroatoms. The van der Waals surface area contributed by atoms with E-state index in [4.69, 9.17) is 16.3 Å². The van der Waals surface area contributed by atoms with E-state index in [2.05, 4.69) is 25.5 Å². The molecule has 0 saturated carbocycles. The molecule has 1 unspecified atom stereocenters. The summed E-state index contributed by atoms with van der Waals surface area (Å²) in [4.78, 5) is 2.12. The number of hydrogen-bond acceptors (Lipinski definition) is 6. The molecule has 0 aromatic carbocycles. The van der Waals surface area contributed by atoms with Gasteiger partial charge in [0.2, 0.25) is 0 Å². The second-order valence-corrected chi connectivity index (χ2v) is 4.12. The molecule has 7 nitrogen and oxygen atoms in total. The third kappa shape index (κ3) is 2.03. The highest BCUT2D eigenvalue weighted by atomic mass is 35.5. The summed E-state index contributed by atoms with van der Waals surface area (Å²) in [5.41, 5.74) is 0.635. The van der Waals surface area contributed by atoms with Crippen molar-refractivity contribution in [2.24, 2.45) is 0 Å². The van der Waals surface area contributed by atoms with E-state index in [0.29, 0.717) is 18.1 Å². The third-order valence-corrected chi connectivity index (χ3v) is 3.03. The summed E-state index contributed by atoms with van der Waals surface area (Å²) in [6.45, 7) is 2.20. The van der Waals surface area contributed by atoms with Gasteiger partial charge in [-0.1, -0.05) is 0 Å². The summed E-state index contributed by atoms with van der Waals surface area (Å²) in [5.74, 6) is 1.33. The number of aromatic nitrogens is 5. The van der Waals surface area contributed by atoms with E-state index in [1.165, 1.54) is 4.63 Å². The van der Waals surface area contributed by atoms with Gasteiger partial charge in [0.15, 0.2) is 11.5 Å². The molecule has 0 bridgehead atoms. The van der Waals surface area contributed by atoms with Gasteiger partial charge in [-0.25, -0.2) is 0 Å². The zero-order chi connectivity index (χ0) is 11.7. The van der Waals surface area contributed by atoms with Crippen molar-refractivity contribution in [3.63, 3.8) is 0 Å². The van der Waals surface area contributed by atoms with Gasteiger partial charge < -0.3 is 9.64 Å². The topological polar surface area (TPSA) is 68.4 Å². The van der Waals surface area contributed by atoms with Gasteiger partial charge in [-0.3, -0.25) is 0 Å². The maximum absolute atomic E-state index is 5.80. The molecule has 1 atom stereocenters. The molecule has 0 amide bonds. The Morgan fingerprint density at radius 3 is 3.29 bits per heavy atom. The number of tetrazole rings is 1. The lowest BCUT2D eigenvalue weighted by molar-refractivity contribution is 0.0551. The number of morpholine rings is 1. The molecular weight excluding hydrogens is 244 g/mol. The number of hydrogen-bond donors (Lipinski definition) is 0. The van der Waals surface area contributed by atoms with Gasteiger partial charge in [-0.15, -0.1) is 26.4 Å². The number of ether oxygens (including phenoxy) is 1. The summed E-state index contributed by atoms with van der Waals surface area (Å²) in [7, 11) is 0. The molecule has 3 heterocycles. The van der Waals surface area contributed by atoms with E-state index in [9.17, 15) is 0 Å². The minimum Gasteiger partial charge on any atom is -0.373 e. The SMILES string of the molecule is ClCC1CN(c2ccc3nnnn3n2)CCO1. The average Bonchev–Trinajstić information content (AvgIpc) is 2.86. The molecule has 0 aliphatic carbocycles. The Labute approximate surface area is 102 Å². The van der Waals surface area contributed by atoms with Crippen LogP contribution >= 0.6 is 11.6 Å². The van der Waals surface area contributed by atoms with Gasteiger partial charge >= 0.3 is 0 Å². The molecule has 17 heavy (non-hydrogen) atoms. The Morgan fingerprint density at radius 1 is 1.47 bits per heavy atom. The summed E-state index contributed by atoms with van der Waals surface area (Å²) in [6, 6.07) is 3.75. The zero-order valence-electron chi connectivity index (χ0n) is 9.03. The number of anilines is 1. The highest BCUT2D eigenvalue weighted by Crippen LogP contribution is 2.15. The molecule has 0 spiro atoms. The van der Waals surface area contributed by atoms with Crippen LogP contribution in [0.5, 0.6) is 0 Å². The highest BCUT2D eigenvalue weighted by Gasteiger charge is 2.21. The van der Waals surface area contributed by atoms with E-state index >= 15 is 0 Å². The molecule has 1 aliphatic rings. The molecule has 90 valence electrons. The summed E-state index contributed by atoms with van der Waals surface area (Å²) in [5, 5.41) is 15.5. The van der Waals surface area contributed by atoms with E-state index < -0.39 is 0 Å². The van der Waals surface area contributed by atoms with Gasteiger partial charge in [0.1, 0.15) is 0 Å². The van der Waals surface area contributed by atoms with Crippen molar-refractivity contribution in [2.45, 2.75) is 6.10 Å². The number of halogens is 1. The van der Waals surface area contributed by atoms with Crippen LogP contribution in [0.15, 0.2) is 12.1 Å². The first-order chi connectivity index (χ1) is 8.36. The summed E-state index contributed by atoms with van der Waals surface area (Å²) < 4.78 is 6.92. The van der Waals surface area contributed by atoms with Crippen molar-refractivity contribution in [3.8, 4) is 0 Å². The van der Waals surface area contributed by atoms with Crippen molar-refractivity contribution < 1.29 is 4.74 Å². The van der Waals surface area contributed by atoms with Crippen molar-refractivity contribution in [1.29, 1.82) is 0 Å². The Morgan fingerprint density at radius 2 is 2.41 bits per heavy atom. The normalized spacial score (nSPS) is 21.0. The largest absolute Gasteiger partial charge is 0.373 e. The fraction of sp³-hybridized carbons (Fsp3) is 0.556. The van der Waals surface area contributed by atoms with Crippen LogP contribution in [0.1, 0.15) is 0 Å². The Hall–Kier alpha value is -1.47.